The van der Waals surface area contributed by atoms with Crippen LogP contribution in [0.5, 0.6) is 0 Å². The van der Waals surface area contributed by atoms with Gasteiger partial charge in [0.05, 0.1) is 0 Å². The first kappa shape index (κ1) is 14.1. The highest BCUT2D eigenvalue weighted by Gasteiger charge is 2.11. The Morgan fingerprint density at radius 3 is 2.63 bits per heavy atom. The van der Waals surface area contributed by atoms with Crippen LogP contribution in [0.25, 0.3) is 0 Å². The molecule has 0 atom stereocenters. The van der Waals surface area contributed by atoms with E-state index in [2.05, 4.69) is 47.7 Å². The lowest BCUT2D eigenvalue weighted by molar-refractivity contribution is 0.216. The van der Waals surface area contributed by atoms with Gasteiger partial charge in [-0.3, -0.25) is 4.90 Å². The summed E-state index contributed by atoms with van der Waals surface area (Å²) in [5.41, 5.74) is 9.58. The summed E-state index contributed by atoms with van der Waals surface area (Å²) in [6.07, 6.45) is 1.11. The third-order valence-corrected chi connectivity index (χ3v) is 4.16. The highest BCUT2D eigenvalue weighted by molar-refractivity contribution is 7.07. The van der Waals surface area contributed by atoms with E-state index in [-0.39, 0.29) is 0 Å². The molecule has 0 fully saturated rings. The maximum atomic E-state index is 6.03. The minimum Gasteiger partial charge on any atom is -0.398 e. The molecule has 0 aliphatic rings. The Morgan fingerprint density at radius 1 is 1.21 bits per heavy atom. The minimum absolute atomic E-state index is 0.526. The highest BCUT2D eigenvalue weighted by Crippen LogP contribution is 2.16. The van der Waals surface area contributed by atoms with Crippen LogP contribution in [0.4, 0.5) is 5.69 Å². The molecule has 2 rings (SSSR count). The number of benzene rings is 1. The van der Waals surface area contributed by atoms with Crippen molar-refractivity contribution >= 4 is 17.0 Å². The molecular weight excluding hydrogens is 252 g/mol. The van der Waals surface area contributed by atoms with Crippen LogP contribution in [0.15, 0.2) is 41.1 Å². The zero-order chi connectivity index (χ0) is 13.7. The quantitative estimate of drug-likeness (QED) is 0.812. The summed E-state index contributed by atoms with van der Waals surface area (Å²) in [5.74, 6) is 0. The second-order valence-corrected chi connectivity index (χ2v) is 5.92. The maximum Gasteiger partial charge on any atom is 0.0359 e. The molecule has 1 heterocycles. The van der Waals surface area contributed by atoms with Crippen molar-refractivity contribution in [2.45, 2.75) is 32.9 Å². The summed E-state index contributed by atoms with van der Waals surface area (Å²) >= 11 is 1.77. The second kappa shape index (κ2) is 6.73. The number of thiophene rings is 1. The molecule has 1 aromatic heterocycles. The lowest BCUT2D eigenvalue weighted by atomic mass is 10.1. The third kappa shape index (κ3) is 4.08. The van der Waals surface area contributed by atoms with Crippen LogP contribution in [0.2, 0.25) is 0 Å². The summed E-state index contributed by atoms with van der Waals surface area (Å²) < 4.78 is 0. The van der Waals surface area contributed by atoms with Crippen molar-refractivity contribution in [2.24, 2.45) is 0 Å². The Hall–Kier alpha value is -1.32. The van der Waals surface area contributed by atoms with Crippen LogP contribution in [0.1, 0.15) is 25.0 Å². The predicted molar refractivity (Wildman–Crippen MR) is 84.4 cm³/mol. The van der Waals surface area contributed by atoms with Crippen molar-refractivity contribution in [3.05, 3.63) is 52.2 Å². The number of hydrogen-bond donors (Lipinski definition) is 1. The third-order valence-electron chi connectivity index (χ3n) is 3.43. The fourth-order valence-corrected chi connectivity index (χ4v) is 2.83. The molecule has 2 N–H and O–H groups in total. The number of anilines is 1. The van der Waals surface area contributed by atoms with Gasteiger partial charge in [-0.1, -0.05) is 18.2 Å². The fourth-order valence-electron chi connectivity index (χ4n) is 2.12. The molecule has 0 radical (unpaired) electrons. The van der Waals surface area contributed by atoms with Crippen molar-refractivity contribution < 1.29 is 0 Å². The second-order valence-electron chi connectivity index (χ2n) is 5.14. The largest absolute Gasteiger partial charge is 0.398 e. The van der Waals surface area contributed by atoms with Gasteiger partial charge in [0, 0.05) is 24.8 Å². The molecule has 0 saturated carbocycles. The van der Waals surface area contributed by atoms with E-state index in [1.807, 2.05) is 12.1 Å². The predicted octanol–water partition coefficient (Wildman–Crippen LogP) is 3.78. The zero-order valence-electron chi connectivity index (χ0n) is 11.7. The van der Waals surface area contributed by atoms with Gasteiger partial charge in [-0.05, 0) is 54.3 Å². The molecule has 0 unspecified atom stereocenters. The minimum atomic E-state index is 0.526. The van der Waals surface area contributed by atoms with Gasteiger partial charge in [-0.15, -0.1) is 0 Å². The van der Waals surface area contributed by atoms with E-state index in [9.17, 15) is 0 Å². The van der Waals surface area contributed by atoms with E-state index < -0.39 is 0 Å². The molecule has 0 aliphatic carbocycles. The monoisotopic (exact) mass is 274 g/mol. The Bertz CT molecular complexity index is 491. The smallest absolute Gasteiger partial charge is 0.0359 e. The Labute approximate surface area is 119 Å². The van der Waals surface area contributed by atoms with Gasteiger partial charge in [0.1, 0.15) is 0 Å². The molecule has 19 heavy (non-hydrogen) atoms. The van der Waals surface area contributed by atoms with Crippen LogP contribution in [-0.2, 0) is 13.0 Å². The van der Waals surface area contributed by atoms with Crippen LogP contribution < -0.4 is 5.73 Å². The van der Waals surface area contributed by atoms with Gasteiger partial charge in [-0.2, -0.15) is 11.3 Å². The molecule has 102 valence electrons. The first-order valence-corrected chi connectivity index (χ1v) is 7.69. The van der Waals surface area contributed by atoms with Gasteiger partial charge in [0.25, 0.3) is 0 Å². The number of nitrogen functional groups attached to an aromatic ring is 1. The lowest BCUT2D eigenvalue weighted by Crippen LogP contribution is -2.32. The first-order valence-electron chi connectivity index (χ1n) is 6.75. The molecule has 2 nitrogen and oxygen atoms in total. The van der Waals surface area contributed by atoms with Crippen molar-refractivity contribution in [3.63, 3.8) is 0 Å². The van der Waals surface area contributed by atoms with Crippen LogP contribution in [0.3, 0.4) is 0 Å². The van der Waals surface area contributed by atoms with Gasteiger partial charge < -0.3 is 5.73 Å². The molecule has 2 aromatic rings. The van der Waals surface area contributed by atoms with E-state index >= 15 is 0 Å². The summed E-state index contributed by atoms with van der Waals surface area (Å²) in [6.45, 7) is 6.48. The summed E-state index contributed by atoms with van der Waals surface area (Å²) in [6, 6.07) is 10.9. The molecular formula is C16H22N2S. The van der Waals surface area contributed by atoms with Gasteiger partial charge >= 0.3 is 0 Å². The van der Waals surface area contributed by atoms with E-state index in [0.717, 1.165) is 25.2 Å². The number of nitrogens with two attached hydrogens (primary N) is 1. The average molecular weight is 274 g/mol. The molecule has 3 heteroatoms. The molecule has 1 aromatic carbocycles. The van der Waals surface area contributed by atoms with Gasteiger partial charge in [-0.25, -0.2) is 0 Å². The zero-order valence-corrected chi connectivity index (χ0v) is 12.5. The molecule has 0 bridgehead atoms. The fraction of sp³-hybridized carbons (Fsp3) is 0.375. The Morgan fingerprint density at radius 2 is 2.00 bits per heavy atom. The number of hydrogen-bond acceptors (Lipinski definition) is 3. The summed E-state index contributed by atoms with van der Waals surface area (Å²) in [4.78, 5) is 2.48. The van der Waals surface area contributed by atoms with E-state index in [1.165, 1.54) is 11.1 Å². The first-order chi connectivity index (χ1) is 9.16. The molecule has 0 amide bonds. The maximum absolute atomic E-state index is 6.03. The van der Waals surface area contributed by atoms with Crippen molar-refractivity contribution in [3.8, 4) is 0 Å². The Balaban J connectivity index is 1.98. The van der Waals surface area contributed by atoms with Crippen molar-refractivity contribution in [1.82, 2.24) is 4.90 Å². The topological polar surface area (TPSA) is 29.3 Å². The van der Waals surface area contributed by atoms with E-state index in [1.54, 1.807) is 11.3 Å². The molecule has 0 aliphatic heterocycles. The average Bonchev–Trinajstić information content (AvgIpc) is 2.89. The SMILES string of the molecule is CC(C)N(CCc1ccsc1)Cc1ccccc1N. The number of rotatable bonds is 6. The van der Waals surface area contributed by atoms with Gasteiger partial charge in [0.15, 0.2) is 0 Å². The van der Waals surface area contributed by atoms with Crippen LogP contribution >= 0.6 is 11.3 Å². The number of nitrogens with zero attached hydrogens (tertiary/aromatic N) is 1. The molecule has 0 spiro atoms. The standard InChI is InChI=1S/C16H22N2S/c1-13(2)18(9-7-14-8-10-19-12-14)11-15-5-3-4-6-16(15)17/h3-6,8,10,12-13H,7,9,11,17H2,1-2H3. The summed E-state index contributed by atoms with van der Waals surface area (Å²) in [5, 5.41) is 4.37. The normalized spacial score (nSPS) is 11.4. The van der Waals surface area contributed by atoms with E-state index in [0.29, 0.717) is 6.04 Å². The lowest BCUT2D eigenvalue weighted by Gasteiger charge is -2.27. The van der Waals surface area contributed by atoms with E-state index in [4.69, 9.17) is 5.73 Å². The highest BCUT2D eigenvalue weighted by atomic mass is 32.1. The van der Waals surface area contributed by atoms with Crippen LogP contribution in [-0.4, -0.2) is 17.5 Å². The molecule has 0 saturated heterocycles. The van der Waals surface area contributed by atoms with Crippen LogP contribution in [0, 0.1) is 0 Å². The number of para-hydroxylation sites is 1. The Kier molecular flexibility index (Phi) is 5.00. The van der Waals surface area contributed by atoms with Crippen molar-refractivity contribution in [1.29, 1.82) is 0 Å². The van der Waals surface area contributed by atoms with Crippen molar-refractivity contribution in [2.75, 3.05) is 12.3 Å². The van der Waals surface area contributed by atoms with Gasteiger partial charge in [0.2, 0.25) is 0 Å². The summed E-state index contributed by atoms with van der Waals surface area (Å²) in [7, 11) is 0.